The third kappa shape index (κ3) is 3.04. The van der Waals surface area contributed by atoms with Crippen LogP contribution in [0.3, 0.4) is 0 Å². The Kier molecular flexibility index (Phi) is 4.10. The molecule has 8 nitrogen and oxygen atoms in total. The number of pyridine rings is 1. The third-order valence-electron chi connectivity index (χ3n) is 5.63. The monoisotopic (exact) mass is 423 g/mol. The highest BCUT2D eigenvalue weighted by Crippen LogP contribution is 2.32. The van der Waals surface area contributed by atoms with Gasteiger partial charge in [-0.15, -0.1) is 0 Å². The van der Waals surface area contributed by atoms with Crippen molar-refractivity contribution in [3.05, 3.63) is 89.9 Å². The minimum absolute atomic E-state index is 0.297. The van der Waals surface area contributed by atoms with Crippen LogP contribution in [0, 0.1) is 6.92 Å². The van der Waals surface area contributed by atoms with Gasteiger partial charge in [-0.3, -0.25) is 9.88 Å². The number of ether oxygens (including phenoxy) is 1. The van der Waals surface area contributed by atoms with E-state index in [1.54, 1.807) is 0 Å². The highest BCUT2D eigenvalue weighted by atomic mass is 16.5. The zero-order chi connectivity index (χ0) is 21.7. The number of hydrogen-bond acceptors (Lipinski definition) is 6. The Labute approximate surface area is 184 Å². The van der Waals surface area contributed by atoms with Crippen LogP contribution >= 0.6 is 0 Å². The molecule has 8 heteroatoms. The molecule has 1 aliphatic rings. The number of aromatic nitrogens is 4. The highest BCUT2D eigenvalue weighted by molar-refractivity contribution is 5.94. The first-order valence-corrected chi connectivity index (χ1v) is 10.4. The largest absolute Gasteiger partial charge is 0.487 e. The van der Waals surface area contributed by atoms with Crippen LogP contribution < -0.4 is 15.8 Å². The summed E-state index contributed by atoms with van der Waals surface area (Å²) < 4.78 is 10.1. The van der Waals surface area contributed by atoms with Crippen molar-refractivity contribution in [3.8, 4) is 5.75 Å². The normalized spacial score (nSPS) is 15.4. The minimum atomic E-state index is -0.297. The molecule has 4 heterocycles. The number of rotatable bonds is 4. The molecule has 1 atom stereocenters. The van der Waals surface area contributed by atoms with Crippen molar-refractivity contribution < 1.29 is 4.74 Å². The number of fused-ring (bicyclic) bond motifs is 4. The van der Waals surface area contributed by atoms with E-state index in [1.807, 2.05) is 71.4 Å². The third-order valence-corrected chi connectivity index (χ3v) is 5.63. The maximum absolute atomic E-state index is 6.04. The van der Waals surface area contributed by atoms with Gasteiger partial charge in [-0.05, 0) is 48.4 Å². The predicted octanol–water partition coefficient (Wildman–Crippen LogP) is 3.86. The molecule has 2 aromatic carbocycles. The van der Waals surface area contributed by atoms with Crippen LogP contribution in [0.25, 0.3) is 16.7 Å². The summed E-state index contributed by atoms with van der Waals surface area (Å²) in [7, 11) is 0. The molecular weight excluding hydrogens is 402 g/mol. The van der Waals surface area contributed by atoms with Crippen molar-refractivity contribution in [2.45, 2.75) is 19.7 Å². The second kappa shape index (κ2) is 7.12. The number of aryl methyl sites for hydroxylation is 1. The molecule has 1 aliphatic heterocycles. The first-order chi connectivity index (χ1) is 15.7. The Bertz CT molecular complexity index is 1480. The number of guanidine groups is 1. The molecule has 0 amide bonds. The van der Waals surface area contributed by atoms with Crippen LogP contribution in [0.15, 0.2) is 78.0 Å². The molecule has 0 spiro atoms. The summed E-state index contributed by atoms with van der Waals surface area (Å²) in [5, 5.41) is 3.06. The highest BCUT2D eigenvalue weighted by Gasteiger charge is 2.24. The molecule has 0 fully saturated rings. The summed E-state index contributed by atoms with van der Waals surface area (Å²) in [6.45, 7) is 2.45. The fourth-order valence-electron chi connectivity index (χ4n) is 4.11. The summed E-state index contributed by atoms with van der Waals surface area (Å²) >= 11 is 0. The Balaban J connectivity index is 1.26. The average Bonchev–Trinajstić information content (AvgIpc) is 3.39. The molecule has 32 heavy (non-hydrogen) atoms. The standard InChI is InChI=1S/C24H21N7O/c1-15-5-4-12-30-13-17(26-21(15)30)14-32-18-10-8-16(9-11-18)22-28-23(25)29-24-27-19-6-2-3-7-20(19)31(22)24/h2-13,22H,14H2,1H3,(H3,25,27,28,29). The number of nitrogens with two attached hydrogens (primary N) is 1. The van der Waals surface area contributed by atoms with Crippen LogP contribution in [0.1, 0.15) is 23.0 Å². The van der Waals surface area contributed by atoms with Gasteiger partial charge in [-0.25, -0.2) is 15.0 Å². The van der Waals surface area contributed by atoms with Crippen molar-refractivity contribution in [2.75, 3.05) is 5.32 Å². The topological polar surface area (TPSA) is 94.8 Å². The van der Waals surface area contributed by atoms with Crippen LogP contribution in [-0.2, 0) is 6.61 Å². The van der Waals surface area contributed by atoms with Crippen LogP contribution in [0.4, 0.5) is 5.95 Å². The van der Waals surface area contributed by atoms with Gasteiger partial charge in [0.05, 0.1) is 16.7 Å². The number of hydrogen-bond donors (Lipinski definition) is 2. The molecule has 0 bridgehead atoms. The van der Waals surface area contributed by atoms with Gasteiger partial charge in [0.15, 0.2) is 12.1 Å². The van der Waals surface area contributed by atoms with Gasteiger partial charge >= 0.3 is 0 Å². The lowest BCUT2D eigenvalue weighted by Gasteiger charge is -2.24. The lowest BCUT2D eigenvalue weighted by Crippen LogP contribution is -2.31. The minimum Gasteiger partial charge on any atom is -0.487 e. The van der Waals surface area contributed by atoms with Crippen molar-refractivity contribution in [1.29, 1.82) is 0 Å². The smallest absolute Gasteiger partial charge is 0.212 e. The number of para-hydroxylation sites is 2. The molecule has 5 aromatic rings. The van der Waals surface area contributed by atoms with E-state index in [9.17, 15) is 0 Å². The fraction of sp³-hybridized carbons (Fsp3) is 0.125. The van der Waals surface area contributed by atoms with Gasteiger partial charge in [0, 0.05) is 12.4 Å². The number of benzene rings is 2. The summed E-state index contributed by atoms with van der Waals surface area (Å²) in [6.07, 6.45) is 3.69. The second-order valence-corrected chi connectivity index (χ2v) is 7.82. The molecule has 1 unspecified atom stereocenters. The van der Waals surface area contributed by atoms with Crippen molar-refractivity contribution in [1.82, 2.24) is 18.9 Å². The summed E-state index contributed by atoms with van der Waals surface area (Å²) in [5.41, 5.74) is 11.9. The van der Waals surface area contributed by atoms with Gasteiger partial charge in [0.1, 0.15) is 18.0 Å². The van der Waals surface area contributed by atoms with E-state index >= 15 is 0 Å². The van der Waals surface area contributed by atoms with E-state index in [0.717, 1.165) is 39.3 Å². The molecule has 0 aliphatic carbocycles. The van der Waals surface area contributed by atoms with Gasteiger partial charge in [0.2, 0.25) is 5.95 Å². The molecular formula is C24H21N7O. The first kappa shape index (κ1) is 18.4. The van der Waals surface area contributed by atoms with E-state index in [1.165, 1.54) is 0 Å². The Morgan fingerprint density at radius 2 is 1.88 bits per heavy atom. The lowest BCUT2D eigenvalue weighted by atomic mass is 10.1. The van der Waals surface area contributed by atoms with E-state index in [2.05, 4.69) is 37.8 Å². The van der Waals surface area contributed by atoms with Crippen LogP contribution in [0.2, 0.25) is 0 Å². The molecule has 3 aromatic heterocycles. The lowest BCUT2D eigenvalue weighted by molar-refractivity contribution is 0.302. The van der Waals surface area contributed by atoms with Crippen LogP contribution in [0.5, 0.6) is 5.75 Å². The Hall–Kier alpha value is -4.33. The number of imidazole rings is 2. The summed E-state index contributed by atoms with van der Waals surface area (Å²) in [6, 6.07) is 20.0. The number of aliphatic imine (C=N–C) groups is 1. The van der Waals surface area contributed by atoms with Crippen molar-refractivity contribution in [3.63, 3.8) is 0 Å². The van der Waals surface area contributed by atoms with Gasteiger partial charge in [0.25, 0.3) is 0 Å². The quantitative estimate of drug-likeness (QED) is 0.458. The number of nitrogens with zero attached hydrogens (tertiary/aromatic N) is 5. The Morgan fingerprint density at radius 3 is 2.72 bits per heavy atom. The van der Waals surface area contributed by atoms with Gasteiger partial charge < -0.3 is 14.9 Å². The molecule has 6 rings (SSSR count). The zero-order valence-corrected chi connectivity index (χ0v) is 17.4. The fourth-order valence-corrected chi connectivity index (χ4v) is 4.11. The first-order valence-electron chi connectivity index (χ1n) is 10.4. The summed E-state index contributed by atoms with van der Waals surface area (Å²) in [4.78, 5) is 13.9. The van der Waals surface area contributed by atoms with Crippen LogP contribution in [-0.4, -0.2) is 24.9 Å². The summed E-state index contributed by atoms with van der Waals surface area (Å²) in [5.74, 6) is 1.80. The van der Waals surface area contributed by atoms with E-state index in [4.69, 9.17) is 10.5 Å². The molecule has 0 saturated heterocycles. The van der Waals surface area contributed by atoms with E-state index < -0.39 is 0 Å². The van der Waals surface area contributed by atoms with Crippen molar-refractivity contribution in [2.24, 2.45) is 10.7 Å². The molecule has 0 saturated carbocycles. The van der Waals surface area contributed by atoms with Gasteiger partial charge in [-0.1, -0.05) is 30.3 Å². The maximum atomic E-state index is 6.04. The average molecular weight is 423 g/mol. The molecule has 3 N–H and O–H groups in total. The number of nitrogens with one attached hydrogen (secondary N) is 1. The second-order valence-electron chi connectivity index (χ2n) is 7.82. The number of anilines is 1. The molecule has 0 radical (unpaired) electrons. The van der Waals surface area contributed by atoms with Gasteiger partial charge in [-0.2, -0.15) is 0 Å². The van der Waals surface area contributed by atoms with E-state index in [0.29, 0.717) is 18.5 Å². The zero-order valence-electron chi connectivity index (χ0n) is 17.4. The Morgan fingerprint density at radius 1 is 1.03 bits per heavy atom. The van der Waals surface area contributed by atoms with E-state index in [-0.39, 0.29) is 6.17 Å². The van der Waals surface area contributed by atoms with Crippen molar-refractivity contribution >= 4 is 28.6 Å². The SMILES string of the molecule is Cc1cccn2cc(COc3ccc(C4N=C(N)Nc5nc6ccccc6n54)cc3)nc12. The predicted molar refractivity (Wildman–Crippen MR) is 124 cm³/mol. The molecule has 158 valence electrons. The maximum Gasteiger partial charge on any atom is 0.212 e.